The number of alkyl halides is 1. The first-order valence-corrected chi connectivity index (χ1v) is 6.76. The Morgan fingerprint density at radius 2 is 2.18 bits per heavy atom. The Bertz CT molecular complexity index is 410. The Morgan fingerprint density at radius 1 is 1.41 bits per heavy atom. The van der Waals surface area contributed by atoms with Crippen molar-refractivity contribution in [3.05, 3.63) is 35.6 Å². The van der Waals surface area contributed by atoms with Gasteiger partial charge in [-0.1, -0.05) is 34.1 Å². The summed E-state index contributed by atoms with van der Waals surface area (Å²) in [5.74, 6) is -0.0556. The van der Waals surface area contributed by atoms with Crippen LogP contribution in [0.25, 0.3) is 0 Å². The number of benzene rings is 1. The lowest BCUT2D eigenvalue weighted by molar-refractivity contribution is -0.132. The second-order valence-corrected chi connectivity index (χ2v) is 5.38. The molecule has 17 heavy (non-hydrogen) atoms. The maximum Gasteiger partial charge on any atom is 0.236 e. The Balaban J connectivity index is 1.94. The smallest absolute Gasteiger partial charge is 0.236 e. The van der Waals surface area contributed by atoms with Crippen LogP contribution in [-0.2, 0) is 11.2 Å². The summed E-state index contributed by atoms with van der Waals surface area (Å²) in [6.45, 7) is 1.39. The molecule has 1 aromatic rings. The molecular formula is C13H15BrFNO. The molecular weight excluding hydrogens is 285 g/mol. The molecule has 0 aliphatic carbocycles. The van der Waals surface area contributed by atoms with Gasteiger partial charge in [0.1, 0.15) is 5.82 Å². The maximum absolute atomic E-state index is 13.4. The standard InChI is InChI=1S/C13H15BrFNO/c14-11-5-3-8-16(13(11)17)9-7-10-4-1-2-6-12(10)15/h1-2,4,6,11H,3,5,7-9H2. The van der Waals surface area contributed by atoms with Gasteiger partial charge in [0.25, 0.3) is 0 Å². The summed E-state index contributed by atoms with van der Waals surface area (Å²) in [6.07, 6.45) is 2.49. The van der Waals surface area contributed by atoms with Crippen molar-refractivity contribution in [2.24, 2.45) is 0 Å². The van der Waals surface area contributed by atoms with Crippen LogP contribution in [0.1, 0.15) is 18.4 Å². The Hall–Kier alpha value is -0.900. The summed E-state index contributed by atoms with van der Waals surface area (Å²) in [7, 11) is 0. The fourth-order valence-corrected chi connectivity index (χ4v) is 2.68. The van der Waals surface area contributed by atoms with E-state index in [9.17, 15) is 9.18 Å². The van der Waals surface area contributed by atoms with Gasteiger partial charge in [-0.3, -0.25) is 4.79 Å². The molecule has 1 amide bonds. The third-order valence-electron chi connectivity index (χ3n) is 3.07. The van der Waals surface area contributed by atoms with Crippen LogP contribution in [0.15, 0.2) is 24.3 Å². The SMILES string of the molecule is O=C1C(Br)CCCN1CCc1ccccc1F. The van der Waals surface area contributed by atoms with E-state index in [1.54, 1.807) is 12.1 Å². The van der Waals surface area contributed by atoms with Crippen molar-refractivity contribution in [2.45, 2.75) is 24.1 Å². The zero-order valence-electron chi connectivity index (χ0n) is 9.53. The summed E-state index contributed by atoms with van der Waals surface area (Å²) in [6, 6.07) is 6.74. The number of rotatable bonds is 3. The summed E-state index contributed by atoms with van der Waals surface area (Å²) in [4.78, 5) is 13.6. The number of hydrogen-bond acceptors (Lipinski definition) is 1. The third kappa shape index (κ3) is 3.06. The van der Waals surface area contributed by atoms with E-state index in [1.165, 1.54) is 6.07 Å². The van der Waals surface area contributed by atoms with Crippen LogP contribution in [0.4, 0.5) is 4.39 Å². The quantitative estimate of drug-likeness (QED) is 0.786. The van der Waals surface area contributed by atoms with E-state index in [0.717, 1.165) is 19.4 Å². The van der Waals surface area contributed by atoms with Crippen LogP contribution in [0, 0.1) is 5.82 Å². The molecule has 1 aromatic carbocycles. The number of halogens is 2. The highest BCUT2D eigenvalue weighted by Gasteiger charge is 2.25. The van der Waals surface area contributed by atoms with Crippen LogP contribution in [0.5, 0.6) is 0 Å². The Morgan fingerprint density at radius 3 is 2.94 bits per heavy atom. The molecule has 2 nitrogen and oxygen atoms in total. The van der Waals surface area contributed by atoms with Gasteiger partial charge < -0.3 is 4.90 Å². The lowest BCUT2D eigenvalue weighted by atomic mass is 10.1. The number of amides is 1. The van der Waals surface area contributed by atoms with Crippen LogP contribution >= 0.6 is 15.9 Å². The van der Waals surface area contributed by atoms with Gasteiger partial charge in [-0.25, -0.2) is 4.39 Å². The minimum absolute atomic E-state index is 0.0585. The van der Waals surface area contributed by atoms with Crippen molar-refractivity contribution in [3.63, 3.8) is 0 Å². The normalized spacial score (nSPS) is 20.7. The van der Waals surface area contributed by atoms with Gasteiger partial charge in [0.2, 0.25) is 5.91 Å². The molecule has 2 rings (SSSR count). The fraction of sp³-hybridized carbons (Fsp3) is 0.462. The van der Waals surface area contributed by atoms with Crippen LogP contribution in [0.3, 0.4) is 0 Å². The van der Waals surface area contributed by atoms with E-state index in [1.807, 2.05) is 11.0 Å². The number of nitrogens with zero attached hydrogens (tertiary/aromatic N) is 1. The molecule has 92 valence electrons. The largest absolute Gasteiger partial charge is 0.341 e. The van der Waals surface area contributed by atoms with E-state index in [0.29, 0.717) is 18.5 Å². The summed E-state index contributed by atoms with van der Waals surface area (Å²) in [5, 5.41) is 0. The molecule has 1 fully saturated rings. The van der Waals surface area contributed by atoms with Crippen LogP contribution < -0.4 is 0 Å². The molecule has 0 aromatic heterocycles. The van der Waals surface area contributed by atoms with E-state index < -0.39 is 0 Å². The highest BCUT2D eigenvalue weighted by molar-refractivity contribution is 9.10. The summed E-state index contributed by atoms with van der Waals surface area (Å²) in [5.41, 5.74) is 0.678. The van der Waals surface area contributed by atoms with Gasteiger partial charge in [0, 0.05) is 13.1 Å². The second kappa shape index (κ2) is 5.63. The highest BCUT2D eigenvalue weighted by atomic mass is 79.9. The molecule has 1 unspecified atom stereocenters. The molecule has 4 heteroatoms. The lowest BCUT2D eigenvalue weighted by Gasteiger charge is -2.29. The topological polar surface area (TPSA) is 20.3 Å². The zero-order chi connectivity index (χ0) is 12.3. The lowest BCUT2D eigenvalue weighted by Crippen LogP contribution is -2.42. The molecule has 0 bridgehead atoms. The highest BCUT2D eigenvalue weighted by Crippen LogP contribution is 2.19. The van der Waals surface area contributed by atoms with Crippen molar-refractivity contribution in [1.29, 1.82) is 0 Å². The molecule has 1 aliphatic heterocycles. The van der Waals surface area contributed by atoms with Gasteiger partial charge >= 0.3 is 0 Å². The van der Waals surface area contributed by atoms with Gasteiger partial charge in [0.15, 0.2) is 0 Å². The molecule has 1 heterocycles. The number of likely N-dealkylation sites (tertiary alicyclic amines) is 1. The van der Waals surface area contributed by atoms with E-state index in [4.69, 9.17) is 0 Å². The number of carbonyl (C=O) groups is 1. The maximum atomic E-state index is 13.4. The van der Waals surface area contributed by atoms with Crippen molar-refractivity contribution in [3.8, 4) is 0 Å². The number of carbonyl (C=O) groups excluding carboxylic acids is 1. The van der Waals surface area contributed by atoms with Crippen molar-refractivity contribution >= 4 is 21.8 Å². The molecule has 0 saturated carbocycles. The molecule has 1 saturated heterocycles. The molecule has 0 N–H and O–H groups in total. The predicted molar refractivity (Wildman–Crippen MR) is 68.6 cm³/mol. The van der Waals surface area contributed by atoms with Gasteiger partial charge in [-0.05, 0) is 30.9 Å². The Labute approximate surface area is 109 Å². The first kappa shape index (κ1) is 12.6. The molecule has 0 spiro atoms. The van der Waals surface area contributed by atoms with Crippen LogP contribution in [-0.4, -0.2) is 28.7 Å². The second-order valence-electron chi connectivity index (χ2n) is 4.28. The molecule has 0 radical (unpaired) electrons. The average Bonchev–Trinajstić information content (AvgIpc) is 2.33. The van der Waals surface area contributed by atoms with Crippen molar-refractivity contribution in [1.82, 2.24) is 4.90 Å². The minimum atomic E-state index is -0.188. The molecule has 1 aliphatic rings. The average molecular weight is 300 g/mol. The first-order chi connectivity index (χ1) is 8.18. The monoisotopic (exact) mass is 299 g/mol. The number of hydrogen-bond donors (Lipinski definition) is 0. The predicted octanol–water partition coefficient (Wildman–Crippen LogP) is 2.75. The minimum Gasteiger partial charge on any atom is -0.341 e. The van der Waals surface area contributed by atoms with Crippen LogP contribution in [0.2, 0.25) is 0 Å². The molecule has 1 atom stereocenters. The van der Waals surface area contributed by atoms with E-state index >= 15 is 0 Å². The first-order valence-electron chi connectivity index (χ1n) is 5.85. The van der Waals surface area contributed by atoms with Gasteiger partial charge in [0.05, 0.1) is 4.83 Å². The summed E-state index contributed by atoms with van der Waals surface area (Å²) >= 11 is 3.37. The fourth-order valence-electron chi connectivity index (χ4n) is 2.07. The Kier molecular flexibility index (Phi) is 4.15. The van der Waals surface area contributed by atoms with Gasteiger partial charge in [-0.15, -0.1) is 0 Å². The zero-order valence-corrected chi connectivity index (χ0v) is 11.1. The summed E-state index contributed by atoms with van der Waals surface area (Å²) < 4.78 is 13.4. The van der Waals surface area contributed by atoms with Crippen molar-refractivity contribution in [2.75, 3.05) is 13.1 Å². The number of piperidine rings is 1. The third-order valence-corrected chi connectivity index (χ3v) is 3.92. The van der Waals surface area contributed by atoms with E-state index in [-0.39, 0.29) is 16.6 Å². The van der Waals surface area contributed by atoms with Gasteiger partial charge in [-0.2, -0.15) is 0 Å². The van der Waals surface area contributed by atoms with E-state index in [2.05, 4.69) is 15.9 Å². The van der Waals surface area contributed by atoms with Crippen molar-refractivity contribution < 1.29 is 9.18 Å².